The average molecular weight is 529 g/mol. The number of para-hydroxylation sites is 1. The lowest BCUT2D eigenvalue weighted by Gasteiger charge is -2.13. The zero-order valence-corrected chi connectivity index (χ0v) is 20.0. The van der Waals surface area contributed by atoms with Crippen LogP contribution < -0.4 is 25.5 Å². The van der Waals surface area contributed by atoms with Gasteiger partial charge in [0.25, 0.3) is 5.91 Å². The van der Waals surface area contributed by atoms with Gasteiger partial charge in [0.1, 0.15) is 5.82 Å². The van der Waals surface area contributed by atoms with E-state index in [9.17, 15) is 14.0 Å². The van der Waals surface area contributed by atoms with Gasteiger partial charge in [-0.3, -0.25) is 4.79 Å². The Balaban J connectivity index is 1.59. The largest absolute Gasteiger partial charge is 0.493 e. The number of anilines is 2. The van der Waals surface area contributed by atoms with Gasteiger partial charge in [0.05, 0.1) is 17.8 Å². The minimum absolute atomic E-state index is 0.291. The molecule has 0 bridgehead atoms. The van der Waals surface area contributed by atoms with Gasteiger partial charge in [-0.05, 0) is 76.4 Å². The fourth-order valence-electron chi connectivity index (χ4n) is 2.85. The fourth-order valence-corrected chi connectivity index (χ4v) is 3.43. The zero-order chi connectivity index (χ0) is 24.5. The lowest BCUT2D eigenvalue weighted by atomic mass is 10.2. The van der Waals surface area contributed by atoms with Crippen molar-refractivity contribution < 1.29 is 23.5 Å². The van der Waals surface area contributed by atoms with E-state index < -0.39 is 17.8 Å². The first-order valence-electron chi connectivity index (χ1n) is 10.1. The van der Waals surface area contributed by atoms with E-state index in [-0.39, 0.29) is 6.61 Å². The Kier molecular flexibility index (Phi) is 8.58. The number of methoxy groups -OCH3 is 1. The van der Waals surface area contributed by atoms with Crippen LogP contribution in [0.25, 0.3) is 0 Å². The fraction of sp³-hybridized carbons (Fsp3) is 0.125. The highest BCUT2D eigenvalue weighted by atomic mass is 79.9. The lowest BCUT2D eigenvalue weighted by molar-refractivity contribution is -0.118. The van der Waals surface area contributed by atoms with Crippen molar-refractivity contribution in [3.8, 4) is 11.5 Å². The van der Waals surface area contributed by atoms with E-state index >= 15 is 0 Å². The molecule has 0 aromatic heterocycles. The summed E-state index contributed by atoms with van der Waals surface area (Å²) in [6.45, 7) is 1.60. The van der Waals surface area contributed by atoms with E-state index in [1.54, 1.807) is 18.2 Å². The van der Waals surface area contributed by atoms with Crippen LogP contribution >= 0.6 is 15.9 Å². The van der Waals surface area contributed by atoms with Crippen LogP contribution in [-0.2, 0) is 4.79 Å². The molecule has 3 amide bonds. The van der Waals surface area contributed by atoms with E-state index in [1.807, 2.05) is 25.1 Å². The van der Waals surface area contributed by atoms with Crippen molar-refractivity contribution in [2.24, 2.45) is 5.10 Å². The van der Waals surface area contributed by atoms with Crippen molar-refractivity contribution in [1.29, 1.82) is 0 Å². The summed E-state index contributed by atoms with van der Waals surface area (Å²) in [5, 5.41) is 9.27. The van der Waals surface area contributed by atoms with Gasteiger partial charge in [-0.1, -0.05) is 18.2 Å². The molecule has 0 aliphatic carbocycles. The summed E-state index contributed by atoms with van der Waals surface area (Å²) < 4.78 is 24.5. The molecular formula is C24H22BrFN4O4. The van der Waals surface area contributed by atoms with E-state index in [0.717, 1.165) is 5.56 Å². The minimum atomic E-state index is -0.483. The number of carbonyl (C=O) groups is 2. The van der Waals surface area contributed by atoms with Crippen molar-refractivity contribution in [3.05, 3.63) is 82.1 Å². The number of urea groups is 1. The molecule has 176 valence electrons. The Morgan fingerprint density at radius 3 is 2.53 bits per heavy atom. The predicted octanol–water partition coefficient (Wildman–Crippen LogP) is 5.08. The molecule has 3 N–H and O–H groups in total. The number of hydrazone groups is 1. The SMILES string of the molecule is COc1cc(C=NNC(=O)Nc2ccccc2C)cc(Br)c1OCC(=O)Nc1ccc(F)cc1. The van der Waals surface area contributed by atoms with Crippen LogP contribution in [0.15, 0.2) is 70.2 Å². The number of amides is 3. The van der Waals surface area contributed by atoms with Crippen LogP contribution in [0.5, 0.6) is 11.5 Å². The summed E-state index contributed by atoms with van der Waals surface area (Å²) in [5.74, 6) is -0.141. The highest BCUT2D eigenvalue weighted by molar-refractivity contribution is 9.10. The standard InChI is InChI=1S/C24H22BrFN4O4/c1-15-5-3-4-6-20(15)29-24(32)30-27-13-16-11-19(25)23(21(12-16)33-2)34-14-22(31)28-18-9-7-17(26)8-10-18/h3-13H,14H2,1-2H3,(H,28,31)(H2,29,30,32). The number of nitrogens with one attached hydrogen (secondary N) is 3. The number of ether oxygens (including phenoxy) is 2. The van der Waals surface area contributed by atoms with E-state index in [0.29, 0.717) is 32.9 Å². The molecule has 8 nitrogen and oxygen atoms in total. The second-order valence-electron chi connectivity index (χ2n) is 7.02. The molecule has 0 heterocycles. The molecule has 0 aliphatic heterocycles. The number of halogens is 2. The van der Waals surface area contributed by atoms with Gasteiger partial charge in [-0.15, -0.1) is 0 Å². The first-order valence-corrected chi connectivity index (χ1v) is 10.9. The molecule has 0 saturated heterocycles. The smallest absolute Gasteiger partial charge is 0.339 e. The van der Waals surface area contributed by atoms with Crippen molar-refractivity contribution in [2.75, 3.05) is 24.4 Å². The summed E-state index contributed by atoms with van der Waals surface area (Å²) in [6, 6.07) is 15.6. The first kappa shape index (κ1) is 24.7. The van der Waals surface area contributed by atoms with E-state index in [2.05, 4.69) is 37.1 Å². The molecule has 0 saturated carbocycles. The molecule has 0 aliphatic rings. The molecular weight excluding hydrogens is 507 g/mol. The van der Waals surface area contributed by atoms with E-state index in [1.165, 1.54) is 37.6 Å². The monoisotopic (exact) mass is 528 g/mol. The number of hydrogen-bond donors (Lipinski definition) is 3. The predicted molar refractivity (Wildman–Crippen MR) is 132 cm³/mol. The van der Waals surface area contributed by atoms with Crippen LogP contribution in [0.3, 0.4) is 0 Å². The van der Waals surface area contributed by atoms with Crippen molar-refractivity contribution in [2.45, 2.75) is 6.92 Å². The van der Waals surface area contributed by atoms with Crippen molar-refractivity contribution >= 4 is 45.5 Å². The molecule has 10 heteroatoms. The summed E-state index contributed by atoms with van der Waals surface area (Å²) in [5.41, 5.74) is 5.08. The molecule has 0 radical (unpaired) electrons. The van der Waals surface area contributed by atoms with Crippen LogP contribution in [-0.4, -0.2) is 31.9 Å². The first-order chi connectivity index (χ1) is 16.4. The number of nitrogens with zero attached hydrogens (tertiary/aromatic N) is 1. The Labute approximate surface area is 204 Å². The van der Waals surface area contributed by atoms with Gasteiger partial charge in [0, 0.05) is 11.4 Å². The van der Waals surface area contributed by atoms with Crippen LogP contribution in [0.4, 0.5) is 20.6 Å². The Morgan fingerprint density at radius 2 is 1.82 bits per heavy atom. The third-order valence-corrected chi connectivity index (χ3v) is 5.09. The third kappa shape index (κ3) is 7.04. The number of aryl methyl sites for hydroxylation is 1. The Bertz CT molecular complexity index is 1200. The number of benzene rings is 3. The van der Waals surface area contributed by atoms with Gasteiger partial charge in [-0.2, -0.15) is 5.10 Å². The second kappa shape index (κ2) is 11.8. The summed E-state index contributed by atoms with van der Waals surface area (Å²) in [7, 11) is 1.46. The zero-order valence-electron chi connectivity index (χ0n) is 18.4. The normalized spacial score (nSPS) is 10.6. The topological polar surface area (TPSA) is 101 Å². The highest BCUT2D eigenvalue weighted by Gasteiger charge is 2.13. The quantitative estimate of drug-likeness (QED) is 0.280. The minimum Gasteiger partial charge on any atom is -0.493 e. The lowest BCUT2D eigenvalue weighted by Crippen LogP contribution is -2.24. The third-order valence-electron chi connectivity index (χ3n) is 4.50. The number of hydrogen-bond acceptors (Lipinski definition) is 5. The van der Waals surface area contributed by atoms with E-state index in [4.69, 9.17) is 9.47 Å². The molecule has 3 aromatic carbocycles. The van der Waals surface area contributed by atoms with Crippen LogP contribution in [0, 0.1) is 12.7 Å². The summed E-state index contributed by atoms with van der Waals surface area (Å²) in [4.78, 5) is 24.2. The van der Waals surface area contributed by atoms with Crippen molar-refractivity contribution in [3.63, 3.8) is 0 Å². The van der Waals surface area contributed by atoms with Crippen LogP contribution in [0.2, 0.25) is 0 Å². The maximum Gasteiger partial charge on any atom is 0.339 e. The summed E-state index contributed by atoms with van der Waals surface area (Å²) in [6.07, 6.45) is 1.44. The molecule has 3 rings (SSSR count). The molecule has 0 spiro atoms. The van der Waals surface area contributed by atoms with Gasteiger partial charge in [0.15, 0.2) is 18.1 Å². The van der Waals surface area contributed by atoms with Crippen molar-refractivity contribution in [1.82, 2.24) is 5.43 Å². The van der Waals surface area contributed by atoms with Gasteiger partial charge >= 0.3 is 6.03 Å². The summed E-state index contributed by atoms with van der Waals surface area (Å²) >= 11 is 3.40. The van der Waals surface area contributed by atoms with Gasteiger partial charge < -0.3 is 20.1 Å². The molecule has 34 heavy (non-hydrogen) atoms. The molecule has 0 fully saturated rings. The second-order valence-corrected chi connectivity index (χ2v) is 7.87. The molecule has 0 unspecified atom stereocenters. The Morgan fingerprint density at radius 1 is 1.09 bits per heavy atom. The maximum atomic E-state index is 13.0. The maximum absolute atomic E-state index is 13.0. The van der Waals surface area contributed by atoms with Crippen LogP contribution in [0.1, 0.15) is 11.1 Å². The number of carbonyl (C=O) groups excluding carboxylic acids is 2. The number of rotatable bonds is 8. The van der Waals surface area contributed by atoms with Gasteiger partial charge in [0.2, 0.25) is 0 Å². The van der Waals surface area contributed by atoms with Gasteiger partial charge in [-0.25, -0.2) is 14.6 Å². The molecule has 0 atom stereocenters. The average Bonchev–Trinajstić information content (AvgIpc) is 2.81. The molecule has 3 aromatic rings. The highest BCUT2D eigenvalue weighted by Crippen LogP contribution is 2.36. The Hall–Kier alpha value is -3.92.